The van der Waals surface area contributed by atoms with E-state index >= 15 is 0 Å². The Bertz CT molecular complexity index is 1050. The maximum Gasteiger partial charge on any atom is 0.232 e. The fraction of sp³-hybridized carbons (Fsp3) is 0.333. The topological polar surface area (TPSA) is 82.8 Å². The van der Waals surface area contributed by atoms with Crippen molar-refractivity contribution in [3.8, 4) is 28.6 Å². The summed E-state index contributed by atoms with van der Waals surface area (Å²) in [7, 11) is 4.82. The lowest BCUT2D eigenvalue weighted by Gasteiger charge is -2.12. The average Bonchev–Trinajstić information content (AvgIpc) is 3.48. The zero-order valence-electron chi connectivity index (χ0n) is 17.9. The van der Waals surface area contributed by atoms with Gasteiger partial charge in [0, 0.05) is 18.2 Å². The molecule has 0 radical (unpaired) electrons. The van der Waals surface area contributed by atoms with Crippen LogP contribution in [-0.4, -0.2) is 38.9 Å². The molecule has 3 aromatic rings. The molecule has 0 spiro atoms. The molecule has 7 heteroatoms. The van der Waals surface area contributed by atoms with Crippen molar-refractivity contribution in [1.82, 2.24) is 10.5 Å². The van der Waals surface area contributed by atoms with E-state index in [-0.39, 0.29) is 5.91 Å². The molecule has 1 amide bonds. The molecule has 1 aliphatic rings. The molecule has 7 nitrogen and oxygen atoms in total. The van der Waals surface area contributed by atoms with Crippen LogP contribution in [0, 0.1) is 0 Å². The van der Waals surface area contributed by atoms with Crippen LogP contribution in [0.1, 0.15) is 24.1 Å². The third kappa shape index (κ3) is 4.21. The molecular weight excluding hydrogens is 396 g/mol. The Labute approximate surface area is 181 Å². The lowest BCUT2D eigenvalue weighted by molar-refractivity contribution is -0.123. The van der Waals surface area contributed by atoms with Crippen molar-refractivity contribution >= 4 is 5.91 Å². The Kier molecular flexibility index (Phi) is 5.84. The quantitative estimate of drug-likeness (QED) is 0.565. The minimum absolute atomic E-state index is 0.00632. The highest BCUT2D eigenvalue weighted by Gasteiger charge is 2.53. The number of nitrogens with one attached hydrogen (secondary N) is 1. The molecule has 1 N–H and O–H groups in total. The molecule has 31 heavy (non-hydrogen) atoms. The highest BCUT2D eigenvalue weighted by atomic mass is 16.5. The number of carbonyl (C=O) groups excluding carboxylic acids is 1. The number of methoxy groups -OCH3 is 3. The Morgan fingerprint density at radius 3 is 2.39 bits per heavy atom. The molecule has 1 fully saturated rings. The Balaban J connectivity index is 1.41. The summed E-state index contributed by atoms with van der Waals surface area (Å²) in [4.78, 5) is 12.9. The molecule has 162 valence electrons. The number of ether oxygens (including phenoxy) is 3. The van der Waals surface area contributed by atoms with Gasteiger partial charge in [-0.05, 0) is 55.2 Å². The van der Waals surface area contributed by atoms with Crippen molar-refractivity contribution in [1.29, 1.82) is 0 Å². The molecule has 1 saturated carbocycles. The van der Waals surface area contributed by atoms with Crippen LogP contribution in [0.3, 0.4) is 0 Å². The van der Waals surface area contributed by atoms with E-state index in [0.717, 1.165) is 36.1 Å². The molecule has 1 heterocycles. The average molecular weight is 422 g/mol. The number of rotatable bonds is 9. The largest absolute Gasteiger partial charge is 0.497 e. The molecule has 0 saturated heterocycles. The van der Waals surface area contributed by atoms with Crippen LogP contribution < -0.4 is 19.5 Å². The van der Waals surface area contributed by atoms with Crippen LogP contribution >= 0.6 is 0 Å². The summed E-state index contributed by atoms with van der Waals surface area (Å²) < 4.78 is 21.4. The predicted molar refractivity (Wildman–Crippen MR) is 116 cm³/mol. The standard InChI is InChI=1S/C24H26N2O5/c1-28-18-7-4-16(5-8-18)10-13-25-23(27)24(11-12-24)22-15-20(31-26-22)17-6-9-19(29-2)21(14-17)30-3/h4-9,14-15H,10-13H2,1-3H3,(H,25,27). The van der Waals surface area contributed by atoms with Gasteiger partial charge in [0.25, 0.3) is 0 Å². The van der Waals surface area contributed by atoms with E-state index in [0.29, 0.717) is 29.5 Å². The minimum Gasteiger partial charge on any atom is -0.497 e. The van der Waals surface area contributed by atoms with E-state index in [1.165, 1.54) is 0 Å². The first kappa shape index (κ1) is 20.8. The number of hydrogen-bond acceptors (Lipinski definition) is 6. The fourth-order valence-electron chi connectivity index (χ4n) is 3.63. The summed E-state index contributed by atoms with van der Waals surface area (Å²) >= 11 is 0. The maximum absolute atomic E-state index is 12.9. The third-order valence-corrected chi connectivity index (χ3v) is 5.71. The lowest BCUT2D eigenvalue weighted by atomic mass is 10.00. The van der Waals surface area contributed by atoms with Gasteiger partial charge in [0.2, 0.25) is 5.91 Å². The second kappa shape index (κ2) is 8.71. The maximum atomic E-state index is 12.9. The van der Waals surface area contributed by atoms with Gasteiger partial charge in [-0.2, -0.15) is 0 Å². The van der Waals surface area contributed by atoms with Crippen LogP contribution in [-0.2, 0) is 16.6 Å². The summed E-state index contributed by atoms with van der Waals surface area (Å²) in [6.07, 6.45) is 2.28. The summed E-state index contributed by atoms with van der Waals surface area (Å²) in [6.45, 7) is 0.563. The van der Waals surface area contributed by atoms with Gasteiger partial charge in [0.15, 0.2) is 17.3 Å². The SMILES string of the molecule is COc1ccc(CCNC(=O)C2(c3cc(-c4ccc(OC)c(OC)c4)on3)CC2)cc1. The second-order valence-corrected chi connectivity index (χ2v) is 7.58. The van der Waals surface area contributed by atoms with Gasteiger partial charge in [-0.15, -0.1) is 0 Å². The second-order valence-electron chi connectivity index (χ2n) is 7.58. The van der Waals surface area contributed by atoms with Crippen molar-refractivity contribution in [2.75, 3.05) is 27.9 Å². The molecule has 2 aromatic carbocycles. The van der Waals surface area contributed by atoms with Crippen molar-refractivity contribution in [2.45, 2.75) is 24.7 Å². The summed E-state index contributed by atoms with van der Waals surface area (Å²) in [5.41, 5.74) is 2.02. The predicted octanol–water partition coefficient (Wildman–Crippen LogP) is 3.76. The highest BCUT2D eigenvalue weighted by Crippen LogP contribution is 2.48. The van der Waals surface area contributed by atoms with Gasteiger partial charge in [-0.25, -0.2) is 0 Å². The van der Waals surface area contributed by atoms with Gasteiger partial charge in [-0.3, -0.25) is 4.79 Å². The first-order valence-electron chi connectivity index (χ1n) is 10.2. The first-order chi connectivity index (χ1) is 15.1. The summed E-state index contributed by atoms with van der Waals surface area (Å²) in [5.74, 6) is 2.65. The van der Waals surface area contributed by atoms with Gasteiger partial charge >= 0.3 is 0 Å². The minimum atomic E-state index is -0.599. The van der Waals surface area contributed by atoms with Crippen LogP contribution in [0.2, 0.25) is 0 Å². The monoisotopic (exact) mass is 422 g/mol. The Morgan fingerprint density at radius 1 is 1.00 bits per heavy atom. The van der Waals surface area contributed by atoms with Crippen LogP contribution in [0.4, 0.5) is 0 Å². The molecule has 0 atom stereocenters. The fourth-order valence-corrected chi connectivity index (χ4v) is 3.63. The Morgan fingerprint density at radius 2 is 1.74 bits per heavy atom. The summed E-state index contributed by atoms with van der Waals surface area (Å²) in [6, 6.07) is 15.2. The van der Waals surface area contributed by atoms with E-state index in [2.05, 4.69) is 10.5 Å². The van der Waals surface area contributed by atoms with Crippen molar-refractivity contribution in [3.05, 3.63) is 59.8 Å². The van der Waals surface area contributed by atoms with Crippen molar-refractivity contribution < 1.29 is 23.5 Å². The van der Waals surface area contributed by atoms with E-state index in [1.807, 2.05) is 48.5 Å². The smallest absolute Gasteiger partial charge is 0.232 e. The van der Waals surface area contributed by atoms with Gasteiger partial charge in [-0.1, -0.05) is 17.3 Å². The number of aromatic nitrogens is 1. The van der Waals surface area contributed by atoms with Gasteiger partial charge < -0.3 is 24.1 Å². The normalized spacial score (nSPS) is 14.0. The zero-order chi connectivity index (χ0) is 21.8. The molecule has 0 bridgehead atoms. The number of amides is 1. The molecule has 1 aliphatic carbocycles. The lowest BCUT2D eigenvalue weighted by Crippen LogP contribution is -2.36. The summed E-state index contributed by atoms with van der Waals surface area (Å²) in [5, 5.41) is 7.26. The van der Waals surface area contributed by atoms with E-state index in [9.17, 15) is 4.79 Å². The van der Waals surface area contributed by atoms with Gasteiger partial charge in [0.1, 0.15) is 5.75 Å². The van der Waals surface area contributed by atoms with Crippen LogP contribution in [0.15, 0.2) is 53.1 Å². The molecular formula is C24H26N2O5. The van der Waals surface area contributed by atoms with E-state index < -0.39 is 5.41 Å². The number of benzene rings is 2. The van der Waals surface area contributed by atoms with Crippen LogP contribution in [0.25, 0.3) is 11.3 Å². The number of nitrogens with zero attached hydrogens (tertiary/aromatic N) is 1. The van der Waals surface area contributed by atoms with Crippen molar-refractivity contribution in [3.63, 3.8) is 0 Å². The molecule has 1 aromatic heterocycles. The number of hydrogen-bond donors (Lipinski definition) is 1. The zero-order valence-corrected chi connectivity index (χ0v) is 17.9. The molecule has 4 rings (SSSR count). The highest BCUT2D eigenvalue weighted by molar-refractivity contribution is 5.91. The van der Waals surface area contributed by atoms with E-state index in [4.69, 9.17) is 18.7 Å². The van der Waals surface area contributed by atoms with Crippen LogP contribution in [0.5, 0.6) is 17.2 Å². The molecule has 0 aliphatic heterocycles. The first-order valence-corrected chi connectivity index (χ1v) is 10.2. The molecule has 0 unspecified atom stereocenters. The van der Waals surface area contributed by atoms with Crippen molar-refractivity contribution in [2.24, 2.45) is 0 Å². The Hall–Kier alpha value is -3.48. The van der Waals surface area contributed by atoms with Gasteiger partial charge in [0.05, 0.1) is 32.4 Å². The third-order valence-electron chi connectivity index (χ3n) is 5.71. The number of carbonyl (C=O) groups is 1. The van der Waals surface area contributed by atoms with E-state index in [1.54, 1.807) is 21.3 Å².